The molecule has 0 amide bonds. The zero-order chi connectivity index (χ0) is 12.6. The van der Waals surface area contributed by atoms with E-state index in [1.54, 1.807) is 7.11 Å². The summed E-state index contributed by atoms with van der Waals surface area (Å²) in [6.07, 6.45) is 3.48. The van der Waals surface area contributed by atoms with Crippen LogP contribution in [-0.4, -0.2) is 31.8 Å². The fourth-order valence-electron chi connectivity index (χ4n) is 1.85. The molecule has 2 aromatic rings. The molecule has 0 spiro atoms. The van der Waals surface area contributed by atoms with E-state index in [-0.39, 0.29) is 0 Å². The maximum absolute atomic E-state index is 4.98. The zero-order valence-electron chi connectivity index (χ0n) is 10.8. The Labute approximate surface area is 112 Å². The van der Waals surface area contributed by atoms with Crippen molar-refractivity contribution in [1.82, 2.24) is 10.3 Å². The Morgan fingerprint density at radius 1 is 1.22 bits per heavy atom. The van der Waals surface area contributed by atoms with Crippen molar-refractivity contribution in [3.8, 4) is 0 Å². The van der Waals surface area contributed by atoms with Gasteiger partial charge in [0.05, 0.1) is 21.8 Å². The summed E-state index contributed by atoms with van der Waals surface area (Å²) in [5.41, 5.74) is 1.13. The SMILES string of the molecule is COCCNCCCCc1nc2ccccc2s1. The van der Waals surface area contributed by atoms with Gasteiger partial charge in [-0.1, -0.05) is 12.1 Å². The lowest BCUT2D eigenvalue weighted by Crippen LogP contribution is -2.20. The maximum Gasteiger partial charge on any atom is 0.0938 e. The van der Waals surface area contributed by atoms with E-state index >= 15 is 0 Å². The van der Waals surface area contributed by atoms with Gasteiger partial charge in [-0.15, -0.1) is 11.3 Å². The number of benzene rings is 1. The number of hydrogen-bond donors (Lipinski definition) is 1. The van der Waals surface area contributed by atoms with E-state index in [0.29, 0.717) is 0 Å². The second kappa shape index (κ2) is 7.46. The molecule has 0 fully saturated rings. The van der Waals surface area contributed by atoms with Gasteiger partial charge in [-0.05, 0) is 37.9 Å². The molecule has 0 radical (unpaired) electrons. The largest absolute Gasteiger partial charge is 0.383 e. The van der Waals surface area contributed by atoms with Crippen LogP contribution >= 0.6 is 11.3 Å². The van der Waals surface area contributed by atoms with E-state index in [1.165, 1.54) is 22.5 Å². The molecule has 0 atom stereocenters. The predicted molar refractivity (Wildman–Crippen MR) is 77.3 cm³/mol. The summed E-state index contributed by atoms with van der Waals surface area (Å²) in [6.45, 7) is 2.80. The van der Waals surface area contributed by atoms with Crippen molar-refractivity contribution in [2.75, 3.05) is 26.8 Å². The van der Waals surface area contributed by atoms with Crippen molar-refractivity contribution >= 4 is 21.6 Å². The van der Waals surface area contributed by atoms with Crippen molar-refractivity contribution in [2.45, 2.75) is 19.3 Å². The molecular formula is C14H20N2OS. The number of methoxy groups -OCH3 is 1. The quantitative estimate of drug-likeness (QED) is 0.744. The Bertz CT molecular complexity index is 437. The topological polar surface area (TPSA) is 34.1 Å². The molecule has 0 bridgehead atoms. The fourth-order valence-corrected chi connectivity index (χ4v) is 2.86. The van der Waals surface area contributed by atoms with Crippen molar-refractivity contribution in [3.05, 3.63) is 29.3 Å². The number of nitrogens with zero attached hydrogens (tertiary/aromatic N) is 1. The number of fused-ring (bicyclic) bond motifs is 1. The van der Waals surface area contributed by atoms with Gasteiger partial charge in [0.15, 0.2) is 0 Å². The van der Waals surface area contributed by atoms with E-state index < -0.39 is 0 Å². The van der Waals surface area contributed by atoms with Crippen molar-refractivity contribution in [2.24, 2.45) is 0 Å². The lowest BCUT2D eigenvalue weighted by atomic mass is 10.2. The number of para-hydroxylation sites is 1. The minimum atomic E-state index is 0.790. The summed E-state index contributed by atoms with van der Waals surface area (Å²) in [7, 11) is 1.73. The van der Waals surface area contributed by atoms with Crippen LogP contribution in [0.15, 0.2) is 24.3 Å². The minimum absolute atomic E-state index is 0.790. The third-order valence-electron chi connectivity index (χ3n) is 2.82. The van der Waals surface area contributed by atoms with Gasteiger partial charge < -0.3 is 10.1 Å². The molecular weight excluding hydrogens is 244 g/mol. The number of ether oxygens (including phenoxy) is 1. The van der Waals surface area contributed by atoms with E-state index in [4.69, 9.17) is 4.74 Å². The fraction of sp³-hybridized carbons (Fsp3) is 0.500. The lowest BCUT2D eigenvalue weighted by molar-refractivity contribution is 0.199. The predicted octanol–water partition coefficient (Wildman–Crippen LogP) is 2.86. The standard InChI is InChI=1S/C14H20N2OS/c1-17-11-10-15-9-5-4-8-14-16-12-6-2-3-7-13(12)18-14/h2-3,6-7,15H,4-5,8-11H2,1H3. The van der Waals surface area contributed by atoms with Crippen molar-refractivity contribution in [1.29, 1.82) is 0 Å². The van der Waals surface area contributed by atoms with Gasteiger partial charge in [0.1, 0.15) is 0 Å². The number of thiazole rings is 1. The third-order valence-corrected chi connectivity index (χ3v) is 3.91. The highest BCUT2D eigenvalue weighted by atomic mass is 32.1. The Balaban J connectivity index is 1.67. The van der Waals surface area contributed by atoms with E-state index in [9.17, 15) is 0 Å². The van der Waals surface area contributed by atoms with Gasteiger partial charge in [0.25, 0.3) is 0 Å². The van der Waals surface area contributed by atoms with Gasteiger partial charge in [-0.2, -0.15) is 0 Å². The van der Waals surface area contributed by atoms with E-state index in [1.807, 2.05) is 17.4 Å². The first-order chi connectivity index (χ1) is 8.90. The van der Waals surface area contributed by atoms with Gasteiger partial charge >= 0.3 is 0 Å². The molecule has 0 aliphatic heterocycles. The number of hydrogen-bond acceptors (Lipinski definition) is 4. The average molecular weight is 264 g/mol. The van der Waals surface area contributed by atoms with Crippen LogP contribution in [0.4, 0.5) is 0 Å². The molecule has 18 heavy (non-hydrogen) atoms. The molecule has 98 valence electrons. The molecule has 0 aliphatic rings. The number of aromatic nitrogens is 1. The van der Waals surface area contributed by atoms with Crippen LogP contribution in [0.5, 0.6) is 0 Å². The highest BCUT2D eigenvalue weighted by molar-refractivity contribution is 7.18. The molecule has 3 nitrogen and oxygen atoms in total. The van der Waals surface area contributed by atoms with E-state index in [2.05, 4.69) is 28.5 Å². The monoisotopic (exact) mass is 264 g/mol. The van der Waals surface area contributed by atoms with Gasteiger partial charge in [-0.25, -0.2) is 4.98 Å². The maximum atomic E-state index is 4.98. The Morgan fingerprint density at radius 3 is 2.94 bits per heavy atom. The molecule has 1 N–H and O–H groups in total. The minimum Gasteiger partial charge on any atom is -0.383 e. The van der Waals surface area contributed by atoms with Crippen molar-refractivity contribution < 1.29 is 4.74 Å². The summed E-state index contributed by atoms with van der Waals surface area (Å²) >= 11 is 1.82. The van der Waals surface area contributed by atoms with E-state index in [0.717, 1.165) is 31.6 Å². The van der Waals surface area contributed by atoms with Crippen LogP contribution in [0.3, 0.4) is 0 Å². The second-order valence-corrected chi connectivity index (χ2v) is 5.39. The Kier molecular flexibility index (Phi) is 5.58. The summed E-state index contributed by atoms with van der Waals surface area (Å²) in [5.74, 6) is 0. The second-order valence-electron chi connectivity index (χ2n) is 4.28. The molecule has 0 aliphatic carbocycles. The smallest absolute Gasteiger partial charge is 0.0938 e. The first-order valence-corrected chi connectivity index (χ1v) is 7.26. The molecule has 0 saturated heterocycles. The van der Waals surface area contributed by atoms with Crippen LogP contribution < -0.4 is 5.32 Å². The van der Waals surface area contributed by atoms with Gasteiger partial charge in [0.2, 0.25) is 0 Å². The molecule has 1 aromatic carbocycles. The highest BCUT2D eigenvalue weighted by Gasteiger charge is 2.02. The summed E-state index contributed by atoms with van der Waals surface area (Å²) < 4.78 is 6.28. The zero-order valence-corrected chi connectivity index (χ0v) is 11.6. The van der Waals surface area contributed by atoms with Gasteiger partial charge in [-0.3, -0.25) is 0 Å². The number of aryl methyl sites for hydroxylation is 1. The first-order valence-electron chi connectivity index (χ1n) is 6.44. The van der Waals surface area contributed by atoms with Crippen molar-refractivity contribution in [3.63, 3.8) is 0 Å². The molecule has 0 saturated carbocycles. The average Bonchev–Trinajstić information content (AvgIpc) is 2.80. The third kappa shape index (κ3) is 4.05. The highest BCUT2D eigenvalue weighted by Crippen LogP contribution is 2.22. The molecule has 4 heteroatoms. The first kappa shape index (κ1) is 13.5. The molecule has 1 aromatic heterocycles. The molecule has 1 heterocycles. The normalized spacial score (nSPS) is 11.2. The van der Waals surface area contributed by atoms with Crippen LogP contribution in [0, 0.1) is 0 Å². The molecule has 2 rings (SSSR count). The lowest BCUT2D eigenvalue weighted by Gasteiger charge is -2.02. The summed E-state index contributed by atoms with van der Waals surface area (Å²) in [5, 5.41) is 4.61. The van der Waals surface area contributed by atoms with Crippen LogP contribution in [0.25, 0.3) is 10.2 Å². The van der Waals surface area contributed by atoms with Gasteiger partial charge in [0, 0.05) is 13.7 Å². The van der Waals surface area contributed by atoms with Crippen LogP contribution in [0.1, 0.15) is 17.8 Å². The summed E-state index contributed by atoms with van der Waals surface area (Å²) in [4.78, 5) is 4.64. The number of rotatable bonds is 8. The summed E-state index contributed by atoms with van der Waals surface area (Å²) in [6, 6.07) is 8.35. The molecule has 0 unspecified atom stereocenters. The number of nitrogens with one attached hydrogen (secondary N) is 1. The van der Waals surface area contributed by atoms with Crippen LogP contribution in [0.2, 0.25) is 0 Å². The Morgan fingerprint density at radius 2 is 2.11 bits per heavy atom. The Hall–Kier alpha value is -0.970. The van der Waals surface area contributed by atoms with Crippen LogP contribution in [-0.2, 0) is 11.2 Å². The number of unbranched alkanes of at least 4 members (excludes halogenated alkanes) is 1.